The summed E-state index contributed by atoms with van der Waals surface area (Å²) in [5.41, 5.74) is 19.1. The first kappa shape index (κ1) is 39.1. The fraction of sp³-hybridized carbons (Fsp3) is 0.108. The molecule has 14 rings (SSSR count). The van der Waals surface area contributed by atoms with Crippen LogP contribution in [0.15, 0.2) is 212 Å². The van der Waals surface area contributed by atoms with Crippen LogP contribution in [0.1, 0.15) is 70.0 Å². The van der Waals surface area contributed by atoms with E-state index in [9.17, 15) is 0 Å². The van der Waals surface area contributed by atoms with E-state index in [0.717, 1.165) is 45.7 Å². The van der Waals surface area contributed by atoms with Gasteiger partial charge in [-0.05, 0) is 92.9 Å². The maximum atomic E-state index is 5.51. The number of anilines is 3. The van der Waals surface area contributed by atoms with Crippen molar-refractivity contribution in [2.45, 2.75) is 36.5 Å². The van der Waals surface area contributed by atoms with Crippen molar-refractivity contribution in [2.24, 2.45) is 5.92 Å². The molecule has 3 nitrogen and oxygen atoms in total. The van der Waals surface area contributed by atoms with Crippen LogP contribution < -0.4 is 15.3 Å². The zero-order chi connectivity index (χ0) is 44.9. The average molecular weight is 870 g/mol. The van der Waals surface area contributed by atoms with Crippen LogP contribution in [0.4, 0.5) is 17.1 Å². The lowest BCUT2D eigenvalue weighted by Crippen LogP contribution is -2.43. The molecule has 0 bridgehead atoms. The standard InChI is InChI=1S/C65H47N3/c1-2-46-47(37-35-42-33-34-44-36-38-57(66-64(44)61(42)46)41-19-6-3-7-20-41)49-26-18-29-55-62(49)52-39-51-50(48-25-12-15-30-58(48)67-63(51)43-21-8-4-9-22-43)40-56(52)65(55)53-27-13-16-31-59(53)68(45-23-10-5-11-24-45)60-32-17-14-28-54(60)65/h3-40,46-47,52,56H,2H2,1H3. The van der Waals surface area contributed by atoms with Crippen LogP contribution in [-0.2, 0) is 5.41 Å². The predicted molar refractivity (Wildman–Crippen MR) is 281 cm³/mol. The van der Waals surface area contributed by atoms with Gasteiger partial charge in [-0.25, -0.2) is 9.97 Å². The molecule has 0 saturated carbocycles. The summed E-state index contributed by atoms with van der Waals surface area (Å²) in [6.07, 6.45) is 11.2. The number of benzene rings is 8. The third kappa shape index (κ3) is 5.53. The Morgan fingerprint density at radius 2 is 1.16 bits per heavy atom. The third-order valence-electron chi connectivity index (χ3n) is 15.7. The zero-order valence-electron chi connectivity index (χ0n) is 37.8. The van der Waals surface area contributed by atoms with Gasteiger partial charge < -0.3 is 4.90 Å². The van der Waals surface area contributed by atoms with Crippen molar-refractivity contribution in [3.63, 3.8) is 0 Å². The van der Waals surface area contributed by atoms with Gasteiger partial charge in [0.1, 0.15) is 0 Å². The second-order valence-electron chi connectivity index (χ2n) is 19.0. The highest BCUT2D eigenvalue weighted by Crippen LogP contribution is 2.67. The molecule has 3 aliphatic carbocycles. The van der Waals surface area contributed by atoms with Gasteiger partial charge in [-0.1, -0.05) is 201 Å². The molecule has 0 amide bonds. The molecule has 68 heavy (non-hydrogen) atoms. The Balaban J connectivity index is 1.07. The van der Waals surface area contributed by atoms with E-state index in [1.54, 1.807) is 0 Å². The van der Waals surface area contributed by atoms with E-state index in [1.165, 1.54) is 71.5 Å². The molecule has 4 atom stereocenters. The smallest absolute Gasteiger partial charge is 0.0784 e. The summed E-state index contributed by atoms with van der Waals surface area (Å²) in [4.78, 5) is 13.5. The van der Waals surface area contributed by atoms with Crippen LogP contribution in [0.5, 0.6) is 0 Å². The lowest BCUT2D eigenvalue weighted by atomic mass is 9.60. The monoisotopic (exact) mass is 869 g/mol. The van der Waals surface area contributed by atoms with Crippen molar-refractivity contribution < 1.29 is 0 Å². The summed E-state index contributed by atoms with van der Waals surface area (Å²) in [6.45, 7) is 2.37. The summed E-state index contributed by atoms with van der Waals surface area (Å²) < 4.78 is 0. The molecule has 8 aromatic carbocycles. The third-order valence-corrected chi connectivity index (χ3v) is 15.7. The molecule has 0 saturated heterocycles. The van der Waals surface area contributed by atoms with Gasteiger partial charge in [0.05, 0.1) is 39.2 Å². The van der Waals surface area contributed by atoms with Gasteiger partial charge in [0.25, 0.3) is 0 Å². The zero-order valence-corrected chi connectivity index (χ0v) is 37.8. The van der Waals surface area contributed by atoms with E-state index >= 15 is 0 Å². The van der Waals surface area contributed by atoms with Crippen LogP contribution in [0.3, 0.4) is 0 Å². The first-order valence-electron chi connectivity index (χ1n) is 24.2. The number of hydrogen-bond donors (Lipinski definition) is 0. The van der Waals surface area contributed by atoms with Crippen molar-refractivity contribution in [1.29, 1.82) is 0 Å². The maximum absolute atomic E-state index is 5.51. The van der Waals surface area contributed by atoms with Gasteiger partial charge in [0, 0.05) is 50.6 Å². The van der Waals surface area contributed by atoms with E-state index in [1.807, 2.05) is 0 Å². The van der Waals surface area contributed by atoms with Gasteiger partial charge in [-0.2, -0.15) is 0 Å². The second kappa shape index (κ2) is 15.2. The Hall–Kier alpha value is -8.14. The van der Waals surface area contributed by atoms with Gasteiger partial charge in [0.2, 0.25) is 0 Å². The highest BCUT2D eigenvalue weighted by Gasteiger charge is 2.58. The van der Waals surface area contributed by atoms with Crippen molar-refractivity contribution in [3.8, 4) is 22.5 Å². The van der Waals surface area contributed by atoms with Crippen molar-refractivity contribution in [3.05, 3.63) is 262 Å². The van der Waals surface area contributed by atoms with Gasteiger partial charge in [0.15, 0.2) is 0 Å². The molecule has 0 N–H and O–H groups in total. The highest BCUT2D eigenvalue weighted by atomic mass is 15.2. The number of pyridine rings is 2. The van der Waals surface area contributed by atoms with Crippen LogP contribution in [0, 0.1) is 5.92 Å². The molecule has 0 fully saturated rings. The number of para-hydroxylation sites is 4. The number of allylic oxidation sites excluding steroid dienone is 1. The van der Waals surface area contributed by atoms with Gasteiger partial charge >= 0.3 is 0 Å². The minimum atomic E-state index is -0.517. The van der Waals surface area contributed by atoms with Crippen LogP contribution >= 0.6 is 0 Å². The molecule has 322 valence electrons. The van der Waals surface area contributed by atoms with Crippen LogP contribution in [0.25, 0.3) is 62.5 Å². The molecule has 3 heterocycles. The number of fused-ring (bicyclic) bond motifs is 15. The highest BCUT2D eigenvalue weighted by molar-refractivity contribution is 5.93. The first-order chi connectivity index (χ1) is 33.7. The van der Waals surface area contributed by atoms with E-state index in [-0.39, 0.29) is 23.7 Å². The maximum Gasteiger partial charge on any atom is 0.0784 e. The van der Waals surface area contributed by atoms with Crippen LogP contribution in [-0.4, -0.2) is 9.97 Å². The molecule has 0 radical (unpaired) electrons. The number of aromatic nitrogens is 2. The molecule has 1 aliphatic heterocycles. The molecular formula is C65H47N3. The minimum Gasteiger partial charge on any atom is -0.310 e. The Kier molecular flexibility index (Phi) is 8.73. The molecular weight excluding hydrogens is 823 g/mol. The topological polar surface area (TPSA) is 29.0 Å². The summed E-state index contributed by atoms with van der Waals surface area (Å²) in [6, 6.07) is 75.9. The molecule has 10 aromatic rings. The predicted octanol–water partition coefficient (Wildman–Crippen LogP) is 14.5. The fourth-order valence-electron chi connectivity index (χ4n) is 13.0. The largest absolute Gasteiger partial charge is 0.310 e. The SMILES string of the molecule is CCC1c2c(ccc3ccc(-c4ccccc4)nc23)C=CC1c1cccc2c1C1C=c3c(-c4ccccc4)nc4ccccc4c3=CC1C21c2ccccc2N(c2ccccc2)c2ccccc21. The number of nitrogens with zero attached hydrogens (tertiary/aromatic N) is 3. The Labute approximate surface area is 396 Å². The molecule has 4 unspecified atom stereocenters. The summed E-state index contributed by atoms with van der Waals surface area (Å²) >= 11 is 0. The normalized spacial score (nSPS) is 19.0. The minimum absolute atomic E-state index is 0.0474. The first-order valence-corrected chi connectivity index (χ1v) is 24.2. The quantitative estimate of drug-likeness (QED) is 0.173. The van der Waals surface area contributed by atoms with Crippen molar-refractivity contribution in [1.82, 2.24) is 9.97 Å². The Morgan fingerprint density at radius 3 is 1.91 bits per heavy atom. The summed E-state index contributed by atoms with van der Waals surface area (Å²) in [5, 5.41) is 4.87. The van der Waals surface area contributed by atoms with Crippen LogP contribution in [0.2, 0.25) is 0 Å². The molecule has 2 aromatic heterocycles. The van der Waals surface area contributed by atoms with E-state index in [0.29, 0.717) is 0 Å². The number of rotatable bonds is 5. The van der Waals surface area contributed by atoms with E-state index in [4.69, 9.17) is 9.97 Å². The van der Waals surface area contributed by atoms with Crippen molar-refractivity contribution >= 4 is 57.1 Å². The fourth-order valence-corrected chi connectivity index (χ4v) is 13.0. The Bertz CT molecular complexity index is 3770. The average Bonchev–Trinajstić information content (AvgIpc) is 3.70. The lowest BCUT2D eigenvalue weighted by Gasteiger charge is -2.47. The van der Waals surface area contributed by atoms with Gasteiger partial charge in [-0.3, -0.25) is 0 Å². The second-order valence-corrected chi connectivity index (χ2v) is 19.0. The molecule has 3 heteroatoms. The lowest BCUT2D eigenvalue weighted by molar-refractivity contribution is 0.485. The molecule has 1 spiro atoms. The van der Waals surface area contributed by atoms with E-state index < -0.39 is 5.41 Å². The number of hydrogen-bond acceptors (Lipinski definition) is 3. The van der Waals surface area contributed by atoms with E-state index in [2.05, 4.69) is 242 Å². The van der Waals surface area contributed by atoms with Gasteiger partial charge in [-0.15, -0.1) is 0 Å². The summed E-state index contributed by atoms with van der Waals surface area (Å²) in [7, 11) is 0. The van der Waals surface area contributed by atoms with Crippen molar-refractivity contribution in [2.75, 3.05) is 4.90 Å². The summed E-state index contributed by atoms with van der Waals surface area (Å²) in [5.74, 6) is 0.436. The molecule has 4 aliphatic rings. The Morgan fingerprint density at radius 1 is 0.515 bits per heavy atom.